The summed E-state index contributed by atoms with van der Waals surface area (Å²) < 4.78 is 0. The zero-order valence-electron chi connectivity index (χ0n) is 12.2. The predicted molar refractivity (Wildman–Crippen MR) is 83.4 cm³/mol. The Kier molecular flexibility index (Phi) is 5.67. The van der Waals surface area contributed by atoms with Crippen molar-refractivity contribution in [2.75, 3.05) is 6.54 Å². The Labute approximate surface area is 129 Å². The minimum Gasteiger partial charge on any atom is -0.480 e. The molecule has 1 aromatic rings. The van der Waals surface area contributed by atoms with Crippen LogP contribution in [-0.4, -0.2) is 39.7 Å². The largest absolute Gasteiger partial charge is 0.480 e. The van der Waals surface area contributed by atoms with Crippen molar-refractivity contribution in [2.24, 2.45) is 0 Å². The van der Waals surface area contributed by atoms with Crippen LogP contribution in [0, 0.1) is 0 Å². The van der Waals surface area contributed by atoms with Gasteiger partial charge in [0.2, 0.25) is 5.91 Å². The van der Waals surface area contributed by atoms with E-state index in [1.54, 1.807) is 4.90 Å². The van der Waals surface area contributed by atoms with Crippen LogP contribution in [0.3, 0.4) is 0 Å². The summed E-state index contributed by atoms with van der Waals surface area (Å²) in [5.41, 5.74) is 0. The number of carboxylic acid groups (broad SMARTS) is 1. The molecule has 21 heavy (non-hydrogen) atoms. The summed E-state index contributed by atoms with van der Waals surface area (Å²) in [7, 11) is 0. The fourth-order valence-electron chi connectivity index (χ4n) is 2.61. The standard InChI is InChI=1S/C16H21NO3S/c1-2-14(21-12-8-4-3-5-9-12)15(18)17-11-7-6-10-13(17)16(19)20/h3-5,8-9,13-14H,2,6-7,10-11H2,1H3,(H,19,20)/t13-,14?/m1/s1. The van der Waals surface area contributed by atoms with Crippen LogP contribution in [0.4, 0.5) is 0 Å². The number of aliphatic carboxylic acids is 1. The van der Waals surface area contributed by atoms with Crippen LogP contribution in [0.5, 0.6) is 0 Å². The Bertz CT molecular complexity index is 492. The molecule has 1 aliphatic heterocycles. The molecular formula is C16H21NO3S. The van der Waals surface area contributed by atoms with Gasteiger partial charge in [0.1, 0.15) is 6.04 Å². The first-order chi connectivity index (χ1) is 10.1. The van der Waals surface area contributed by atoms with E-state index >= 15 is 0 Å². The highest BCUT2D eigenvalue weighted by atomic mass is 32.2. The van der Waals surface area contributed by atoms with Gasteiger partial charge in [0.25, 0.3) is 0 Å². The third kappa shape index (κ3) is 4.00. The van der Waals surface area contributed by atoms with Gasteiger partial charge in [-0.1, -0.05) is 25.1 Å². The van der Waals surface area contributed by atoms with Crippen molar-refractivity contribution < 1.29 is 14.7 Å². The third-order valence-corrected chi connectivity index (χ3v) is 5.10. The number of hydrogen-bond acceptors (Lipinski definition) is 3. The number of carbonyl (C=O) groups excluding carboxylic acids is 1. The number of hydrogen-bond donors (Lipinski definition) is 1. The molecule has 1 aromatic carbocycles. The second kappa shape index (κ2) is 7.50. The number of carbonyl (C=O) groups is 2. The first-order valence-corrected chi connectivity index (χ1v) is 8.26. The summed E-state index contributed by atoms with van der Waals surface area (Å²) in [6.45, 7) is 2.53. The van der Waals surface area contributed by atoms with Crippen molar-refractivity contribution in [1.82, 2.24) is 4.90 Å². The summed E-state index contributed by atoms with van der Waals surface area (Å²) >= 11 is 1.52. The first kappa shape index (κ1) is 15.9. The van der Waals surface area contributed by atoms with E-state index in [1.165, 1.54) is 11.8 Å². The van der Waals surface area contributed by atoms with E-state index in [0.29, 0.717) is 19.4 Å². The minimum atomic E-state index is -0.886. The second-order valence-corrected chi connectivity index (χ2v) is 6.49. The number of nitrogens with zero attached hydrogens (tertiary/aromatic N) is 1. The molecule has 1 amide bonds. The van der Waals surface area contributed by atoms with Gasteiger partial charge in [-0.05, 0) is 37.8 Å². The molecule has 0 aromatic heterocycles. The Morgan fingerprint density at radius 1 is 1.33 bits per heavy atom. The highest BCUT2D eigenvalue weighted by Gasteiger charge is 2.35. The lowest BCUT2D eigenvalue weighted by molar-refractivity contribution is -0.151. The Hall–Kier alpha value is -1.49. The van der Waals surface area contributed by atoms with E-state index in [1.807, 2.05) is 37.3 Å². The summed E-state index contributed by atoms with van der Waals surface area (Å²) in [6.07, 6.45) is 3.03. The molecule has 2 atom stereocenters. The number of benzene rings is 1. The van der Waals surface area contributed by atoms with E-state index in [9.17, 15) is 14.7 Å². The summed E-state index contributed by atoms with van der Waals surface area (Å²) in [5, 5.41) is 9.09. The van der Waals surface area contributed by atoms with Crippen LogP contribution >= 0.6 is 11.8 Å². The van der Waals surface area contributed by atoms with Crippen molar-refractivity contribution in [1.29, 1.82) is 0 Å². The highest BCUT2D eigenvalue weighted by molar-refractivity contribution is 8.00. The molecular weight excluding hydrogens is 286 g/mol. The van der Waals surface area contributed by atoms with Crippen LogP contribution in [0.1, 0.15) is 32.6 Å². The molecule has 2 rings (SSSR count). The number of likely N-dealkylation sites (tertiary alicyclic amines) is 1. The van der Waals surface area contributed by atoms with Gasteiger partial charge in [-0.3, -0.25) is 4.79 Å². The monoisotopic (exact) mass is 307 g/mol. The van der Waals surface area contributed by atoms with Crippen molar-refractivity contribution in [2.45, 2.75) is 48.8 Å². The van der Waals surface area contributed by atoms with E-state index in [-0.39, 0.29) is 11.2 Å². The number of amides is 1. The van der Waals surface area contributed by atoms with Crippen molar-refractivity contribution >= 4 is 23.6 Å². The lowest BCUT2D eigenvalue weighted by atomic mass is 10.0. The van der Waals surface area contributed by atoms with Gasteiger partial charge in [-0.25, -0.2) is 4.79 Å². The van der Waals surface area contributed by atoms with E-state index in [0.717, 1.165) is 17.7 Å². The highest BCUT2D eigenvalue weighted by Crippen LogP contribution is 2.29. The fraction of sp³-hybridized carbons (Fsp3) is 0.500. The van der Waals surface area contributed by atoms with E-state index in [4.69, 9.17) is 0 Å². The average molecular weight is 307 g/mol. The fourth-order valence-corrected chi connectivity index (χ4v) is 3.65. The number of thioether (sulfide) groups is 1. The Balaban J connectivity index is 2.09. The molecule has 1 aliphatic rings. The van der Waals surface area contributed by atoms with Gasteiger partial charge < -0.3 is 10.0 Å². The lowest BCUT2D eigenvalue weighted by Gasteiger charge is -2.35. The molecule has 0 spiro atoms. The molecule has 1 N–H and O–H groups in total. The van der Waals surface area contributed by atoms with Crippen LogP contribution in [0.2, 0.25) is 0 Å². The van der Waals surface area contributed by atoms with Gasteiger partial charge in [-0.2, -0.15) is 0 Å². The quantitative estimate of drug-likeness (QED) is 0.850. The SMILES string of the molecule is CCC(Sc1ccccc1)C(=O)N1CCCC[C@@H]1C(=O)O. The topological polar surface area (TPSA) is 57.6 Å². The molecule has 1 fully saturated rings. The number of rotatable bonds is 5. The Morgan fingerprint density at radius 2 is 2.05 bits per heavy atom. The maximum absolute atomic E-state index is 12.7. The molecule has 1 heterocycles. The average Bonchev–Trinajstić information content (AvgIpc) is 2.53. The normalized spacial score (nSPS) is 20.0. The maximum Gasteiger partial charge on any atom is 0.326 e. The zero-order valence-corrected chi connectivity index (χ0v) is 13.0. The molecule has 0 aliphatic carbocycles. The smallest absolute Gasteiger partial charge is 0.326 e. The molecule has 0 bridgehead atoms. The van der Waals surface area contributed by atoms with Gasteiger partial charge >= 0.3 is 5.97 Å². The maximum atomic E-state index is 12.7. The van der Waals surface area contributed by atoms with Crippen molar-refractivity contribution in [3.05, 3.63) is 30.3 Å². The summed E-state index contributed by atoms with van der Waals surface area (Å²) in [4.78, 5) is 26.6. The van der Waals surface area contributed by atoms with Gasteiger partial charge in [0, 0.05) is 11.4 Å². The molecule has 0 saturated carbocycles. The van der Waals surface area contributed by atoms with Gasteiger partial charge in [0.05, 0.1) is 5.25 Å². The first-order valence-electron chi connectivity index (χ1n) is 7.38. The van der Waals surface area contributed by atoms with Crippen molar-refractivity contribution in [3.8, 4) is 0 Å². The zero-order chi connectivity index (χ0) is 15.2. The van der Waals surface area contributed by atoms with Crippen molar-refractivity contribution in [3.63, 3.8) is 0 Å². The minimum absolute atomic E-state index is 0.0431. The second-order valence-electron chi connectivity index (χ2n) is 5.21. The summed E-state index contributed by atoms with van der Waals surface area (Å²) in [6, 6.07) is 9.13. The molecule has 0 radical (unpaired) electrons. The third-order valence-electron chi connectivity index (χ3n) is 3.74. The molecule has 4 nitrogen and oxygen atoms in total. The number of piperidine rings is 1. The van der Waals surface area contributed by atoms with Crippen LogP contribution in [-0.2, 0) is 9.59 Å². The van der Waals surface area contributed by atoms with Crippen LogP contribution in [0.15, 0.2) is 35.2 Å². The van der Waals surface area contributed by atoms with Crippen LogP contribution < -0.4 is 0 Å². The molecule has 114 valence electrons. The molecule has 1 saturated heterocycles. The Morgan fingerprint density at radius 3 is 2.67 bits per heavy atom. The van der Waals surface area contributed by atoms with Gasteiger partial charge in [0.15, 0.2) is 0 Å². The predicted octanol–water partition coefficient (Wildman–Crippen LogP) is 3.02. The van der Waals surface area contributed by atoms with Gasteiger partial charge in [-0.15, -0.1) is 11.8 Å². The molecule has 1 unspecified atom stereocenters. The van der Waals surface area contributed by atoms with E-state index < -0.39 is 12.0 Å². The summed E-state index contributed by atoms with van der Waals surface area (Å²) in [5.74, 6) is -0.930. The number of carboxylic acids is 1. The van der Waals surface area contributed by atoms with Crippen LogP contribution in [0.25, 0.3) is 0 Å². The molecule has 5 heteroatoms. The van der Waals surface area contributed by atoms with E-state index in [2.05, 4.69) is 0 Å². The lowest BCUT2D eigenvalue weighted by Crippen LogP contribution is -2.50.